The monoisotopic (exact) mass is 465 g/mol. The average Bonchev–Trinajstić information content (AvgIpc) is 3.54. The van der Waals surface area contributed by atoms with Gasteiger partial charge in [-0.25, -0.2) is 0 Å². The second-order valence-electron chi connectivity index (χ2n) is 8.79. The Bertz CT molecular complexity index is 1190. The fourth-order valence-electron chi connectivity index (χ4n) is 5.69. The molecule has 2 N–H and O–H groups in total. The lowest BCUT2D eigenvalue weighted by Crippen LogP contribution is -2.53. The van der Waals surface area contributed by atoms with Gasteiger partial charge >= 0.3 is 0 Å². The minimum Gasteiger partial charge on any atom is -0.454 e. The Hall–Kier alpha value is -3.04. The van der Waals surface area contributed by atoms with E-state index in [2.05, 4.69) is 10.6 Å². The number of carbonyl (C=O) groups excluding carboxylic acids is 3. The molecule has 0 bridgehead atoms. The van der Waals surface area contributed by atoms with Crippen LogP contribution in [0.2, 0.25) is 0 Å². The number of likely N-dealkylation sites (tertiary alicyclic amines) is 1. The lowest BCUT2D eigenvalue weighted by atomic mass is 9.76. The highest BCUT2D eigenvalue weighted by molar-refractivity contribution is 7.98. The summed E-state index contributed by atoms with van der Waals surface area (Å²) in [5.41, 5.74) is 0.970. The van der Waals surface area contributed by atoms with Gasteiger partial charge in [0.2, 0.25) is 24.5 Å². The number of hydrogen-bond acceptors (Lipinski definition) is 7. The molecule has 4 unspecified atom stereocenters. The third-order valence-electron chi connectivity index (χ3n) is 7.12. The normalized spacial score (nSPS) is 29.1. The summed E-state index contributed by atoms with van der Waals surface area (Å²) in [7, 11) is 0. The Morgan fingerprint density at radius 2 is 1.91 bits per heavy atom. The van der Waals surface area contributed by atoms with E-state index >= 15 is 0 Å². The number of ether oxygens (including phenoxy) is 2. The predicted octanol–water partition coefficient (Wildman–Crippen LogP) is 2.09. The summed E-state index contributed by atoms with van der Waals surface area (Å²) in [4.78, 5) is 42.1. The molecule has 2 fully saturated rings. The summed E-state index contributed by atoms with van der Waals surface area (Å²) in [6.45, 7) is 0.292. The van der Waals surface area contributed by atoms with Crippen molar-refractivity contribution in [2.75, 3.05) is 24.1 Å². The van der Waals surface area contributed by atoms with Crippen LogP contribution in [0.5, 0.6) is 11.5 Å². The zero-order chi connectivity index (χ0) is 22.7. The van der Waals surface area contributed by atoms with Gasteiger partial charge in [0.25, 0.3) is 0 Å². The molecule has 170 valence electrons. The smallest absolute Gasteiger partial charge is 0.250 e. The molecular formula is C24H23N3O5S. The Balaban J connectivity index is 1.39. The van der Waals surface area contributed by atoms with Crippen molar-refractivity contribution in [3.8, 4) is 11.5 Å². The van der Waals surface area contributed by atoms with Crippen LogP contribution in [0.1, 0.15) is 17.5 Å². The second-order valence-corrected chi connectivity index (χ2v) is 9.78. The van der Waals surface area contributed by atoms with Gasteiger partial charge in [-0.05, 0) is 42.2 Å². The van der Waals surface area contributed by atoms with Crippen molar-refractivity contribution in [2.24, 2.45) is 11.8 Å². The van der Waals surface area contributed by atoms with Crippen LogP contribution >= 0.6 is 11.8 Å². The number of fused-ring (bicyclic) bond motifs is 5. The van der Waals surface area contributed by atoms with E-state index in [0.29, 0.717) is 23.6 Å². The predicted molar refractivity (Wildman–Crippen MR) is 122 cm³/mol. The fraction of sp³-hybridized carbons (Fsp3) is 0.375. The first kappa shape index (κ1) is 20.6. The van der Waals surface area contributed by atoms with Gasteiger partial charge in [0, 0.05) is 17.3 Å². The van der Waals surface area contributed by atoms with Crippen molar-refractivity contribution in [3.63, 3.8) is 0 Å². The number of nitrogens with zero attached hydrogens (tertiary/aromatic N) is 1. The van der Waals surface area contributed by atoms with Gasteiger partial charge in [-0.3, -0.25) is 24.6 Å². The minimum absolute atomic E-state index is 0.135. The van der Waals surface area contributed by atoms with E-state index in [1.165, 1.54) is 4.90 Å². The quantitative estimate of drug-likeness (QED) is 0.653. The molecule has 4 aliphatic heterocycles. The van der Waals surface area contributed by atoms with Crippen LogP contribution in [0, 0.1) is 11.8 Å². The number of rotatable bonds is 5. The maximum Gasteiger partial charge on any atom is 0.250 e. The number of carbonyl (C=O) groups is 3. The van der Waals surface area contributed by atoms with Crippen LogP contribution in [-0.4, -0.2) is 47.5 Å². The van der Waals surface area contributed by atoms with Crippen molar-refractivity contribution in [2.45, 2.75) is 24.5 Å². The number of imide groups is 1. The minimum atomic E-state index is -1.24. The molecule has 0 aromatic heterocycles. The van der Waals surface area contributed by atoms with Crippen LogP contribution < -0.4 is 20.1 Å². The maximum absolute atomic E-state index is 13.8. The highest BCUT2D eigenvalue weighted by atomic mass is 32.2. The maximum atomic E-state index is 13.8. The van der Waals surface area contributed by atoms with E-state index in [4.69, 9.17) is 9.47 Å². The van der Waals surface area contributed by atoms with E-state index in [0.717, 1.165) is 16.9 Å². The van der Waals surface area contributed by atoms with Crippen molar-refractivity contribution in [1.29, 1.82) is 0 Å². The van der Waals surface area contributed by atoms with Crippen molar-refractivity contribution in [3.05, 3.63) is 53.6 Å². The molecule has 1 spiro atoms. The molecule has 2 saturated heterocycles. The molecule has 4 heterocycles. The molecule has 2 aromatic carbocycles. The molecule has 2 aromatic rings. The third-order valence-corrected chi connectivity index (χ3v) is 7.77. The van der Waals surface area contributed by atoms with Gasteiger partial charge in [0.15, 0.2) is 11.5 Å². The zero-order valence-electron chi connectivity index (χ0n) is 18.0. The van der Waals surface area contributed by atoms with Gasteiger partial charge in [-0.15, -0.1) is 0 Å². The van der Waals surface area contributed by atoms with Crippen LogP contribution in [0.3, 0.4) is 0 Å². The topological polar surface area (TPSA) is 97.0 Å². The SMILES string of the molecule is CSCCC1NC2(C(=O)Nc3ccccc32)C2C(=O)N(Cc3ccc4c(c3)OCO4)C(=O)C12. The Morgan fingerprint density at radius 1 is 1.09 bits per heavy atom. The Morgan fingerprint density at radius 3 is 2.76 bits per heavy atom. The summed E-state index contributed by atoms with van der Waals surface area (Å²) in [6, 6.07) is 12.6. The number of anilines is 1. The summed E-state index contributed by atoms with van der Waals surface area (Å²) in [5, 5.41) is 6.39. The van der Waals surface area contributed by atoms with Gasteiger partial charge in [-0.2, -0.15) is 11.8 Å². The molecule has 6 rings (SSSR count). The first-order chi connectivity index (χ1) is 16.0. The van der Waals surface area contributed by atoms with Crippen molar-refractivity contribution in [1.82, 2.24) is 10.2 Å². The summed E-state index contributed by atoms with van der Waals surface area (Å²) in [6.07, 6.45) is 2.70. The second kappa shape index (κ2) is 7.50. The number of amides is 3. The molecule has 0 aliphatic carbocycles. The average molecular weight is 466 g/mol. The Labute approximate surface area is 195 Å². The molecule has 0 saturated carbocycles. The molecular weight excluding hydrogens is 442 g/mol. The third kappa shape index (κ3) is 2.85. The van der Waals surface area contributed by atoms with E-state index in [1.54, 1.807) is 23.9 Å². The van der Waals surface area contributed by atoms with E-state index in [-0.39, 0.29) is 37.1 Å². The first-order valence-corrected chi connectivity index (χ1v) is 12.4. The number of benzene rings is 2. The molecule has 3 amide bonds. The highest BCUT2D eigenvalue weighted by Gasteiger charge is 2.70. The molecule has 8 nitrogen and oxygen atoms in total. The van der Waals surface area contributed by atoms with E-state index < -0.39 is 17.4 Å². The van der Waals surface area contributed by atoms with E-state index in [1.807, 2.05) is 36.6 Å². The van der Waals surface area contributed by atoms with Crippen LogP contribution in [-0.2, 0) is 26.5 Å². The van der Waals surface area contributed by atoms with Crippen molar-refractivity contribution < 1.29 is 23.9 Å². The lowest BCUT2D eigenvalue weighted by Gasteiger charge is -2.29. The molecule has 4 aliphatic rings. The lowest BCUT2D eigenvalue weighted by molar-refractivity contribution is -0.143. The summed E-state index contributed by atoms with van der Waals surface area (Å²) in [5.74, 6) is -0.101. The summed E-state index contributed by atoms with van der Waals surface area (Å²) < 4.78 is 10.8. The highest BCUT2D eigenvalue weighted by Crippen LogP contribution is 2.53. The molecule has 9 heteroatoms. The molecule has 0 radical (unpaired) electrons. The molecule has 4 atom stereocenters. The number of nitrogens with one attached hydrogen (secondary N) is 2. The largest absolute Gasteiger partial charge is 0.454 e. The number of thioether (sulfide) groups is 1. The first-order valence-electron chi connectivity index (χ1n) is 11.0. The fourth-order valence-corrected chi connectivity index (χ4v) is 6.18. The van der Waals surface area contributed by atoms with Crippen LogP contribution in [0.25, 0.3) is 0 Å². The number of hydrogen-bond donors (Lipinski definition) is 2. The van der Waals surface area contributed by atoms with Gasteiger partial charge in [0.1, 0.15) is 5.54 Å². The number of para-hydroxylation sites is 1. The van der Waals surface area contributed by atoms with Gasteiger partial charge in [-0.1, -0.05) is 24.3 Å². The standard InChI is InChI=1S/C24H23N3O5S/c1-33-9-8-16-19-20(24(26-16)14-4-2-3-5-15(14)25-23(24)30)22(29)27(21(19)28)11-13-6-7-17-18(10-13)32-12-31-17/h2-7,10,16,19-20,26H,8-9,11-12H2,1H3,(H,25,30). The summed E-state index contributed by atoms with van der Waals surface area (Å²) >= 11 is 1.68. The zero-order valence-corrected chi connectivity index (χ0v) is 18.8. The Kier molecular flexibility index (Phi) is 4.67. The van der Waals surface area contributed by atoms with Gasteiger partial charge < -0.3 is 14.8 Å². The molecule has 33 heavy (non-hydrogen) atoms. The van der Waals surface area contributed by atoms with Crippen LogP contribution in [0.4, 0.5) is 5.69 Å². The van der Waals surface area contributed by atoms with Crippen LogP contribution in [0.15, 0.2) is 42.5 Å². The van der Waals surface area contributed by atoms with Crippen molar-refractivity contribution >= 4 is 35.2 Å². The van der Waals surface area contributed by atoms with E-state index in [9.17, 15) is 14.4 Å². The van der Waals surface area contributed by atoms with Gasteiger partial charge in [0.05, 0.1) is 18.4 Å².